The maximum absolute atomic E-state index is 12.5. The quantitative estimate of drug-likeness (QED) is 0.827. The van der Waals surface area contributed by atoms with Crippen molar-refractivity contribution in [2.24, 2.45) is 11.8 Å². The second-order valence-electron chi connectivity index (χ2n) is 6.56. The van der Waals surface area contributed by atoms with Crippen molar-refractivity contribution in [1.29, 1.82) is 0 Å². The van der Waals surface area contributed by atoms with Crippen molar-refractivity contribution in [3.8, 4) is 0 Å². The van der Waals surface area contributed by atoms with Gasteiger partial charge in [0.15, 0.2) is 0 Å². The Morgan fingerprint density at radius 3 is 2.13 bits per heavy atom. The summed E-state index contributed by atoms with van der Waals surface area (Å²) >= 11 is 5.90. The van der Waals surface area contributed by atoms with Crippen LogP contribution in [0.4, 0.5) is 0 Å². The Labute approximate surface area is 144 Å². The van der Waals surface area contributed by atoms with E-state index in [0.29, 0.717) is 24.0 Å². The molecule has 0 saturated carbocycles. The molecule has 0 aliphatic heterocycles. The van der Waals surface area contributed by atoms with E-state index in [1.54, 1.807) is 24.0 Å². The van der Waals surface area contributed by atoms with Gasteiger partial charge in [0.25, 0.3) is 0 Å². The second-order valence-corrected chi connectivity index (χ2v) is 7.00. The molecule has 128 valence electrons. The van der Waals surface area contributed by atoms with Crippen LogP contribution in [0.25, 0.3) is 0 Å². The van der Waals surface area contributed by atoms with E-state index in [1.165, 1.54) is 0 Å². The van der Waals surface area contributed by atoms with Crippen molar-refractivity contribution in [3.05, 3.63) is 34.9 Å². The van der Waals surface area contributed by atoms with Crippen LogP contribution in [0.15, 0.2) is 24.3 Å². The minimum absolute atomic E-state index is 0.0350. The highest BCUT2D eigenvalue weighted by Gasteiger charge is 2.27. The lowest BCUT2D eigenvalue weighted by Crippen LogP contribution is -2.49. The number of halogens is 1. The predicted octanol–water partition coefficient (Wildman–Crippen LogP) is 3.49. The zero-order valence-corrected chi connectivity index (χ0v) is 15.4. The number of nitrogens with one attached hydrogen (secondary N) is 1. The average molecular weight is 339 g/mol. The largest absolute Gasteiger partial charge is 0.354 e. The van der Waals surface area contributed by atoms with E-state index in [9.17, 15) is 9.59 Å². The molecule has 0 fully saturated rings. The lowest BCUT2D eigenvalue weighted by atomic mass is 10.1. The highest BCUT2D eigenvalue weighted by atomic mass is 35.5. The van der Waals surface area contributed by atoms with E-state index < -0.39 is 6.04 Å². The standard InChI is InChI=1S/C18H27ClN2O2/c1-12(2)10-20-17(22)14(5)21(18(23)13(3)4)11-15-6-8-16(19)9-7-15/h6-9,12-14H,10-11H2,1-5H3,(H,20,22). The molecule has 23 heavy (non-hydrogen) atoms. The van der Waals surface area contributed by atoms with Crippen LogP contribution in [0, 0.1) is 11.8 Å². The first-order chi connectivity index (χ1) is 10.7. The summed E-state index contributed by atoms with van der Waals surface area (Å²) in [5.74, 6) is 0.0492. The number of carbonyl (C=O) groups is 2. The Bertz CT molecular complexity index is 526. The first kappa shape index (κ1) is 19.5. The van der Waals surface area contributed by atoms with Crippen molar-refractivity contribution in [1.82, 2.24) is 10.2 Å². The summed E-state index contributed by atoms with van der Waals surface area (Å²) in [7, 11) is 0. The molecule has 4 nitrogen and oxygen atoms in total. The van der Waals surface area contributed by atoms with Crippen LogP contribution in [-0.4, -0.2) is 29.3 Å². The van der Waals surface area contributed by atoms with Crippen molar-refractivity contribution >= 4 is 23.4 Å². The molecule has 0 bridgehead atoms. The minimum atomic E-state index is -0.515. The van der Waals surface area contributed by atoms with Crippen molar-refractivity contribution < 1.29 is 9.59 Å². The van der Waals surface area contributed by atoms with Gasteiger partial charge in [-0.2, -0.15) is 0 Å². The summed E-state index contributed by atoms with van der Waals surface area (Å²) in [5.41, 5.74) is 0.951. The number of carbonyl (C=O) groups excluding carboxylic acids is 2. The number of rotatable bonds is 7. The SMILES string of the molecule is CC(C)CNC(=O)C(C)N(Cc1ccc(Cl)cc1)C(=O)C(C)C. The van der Waals surface area contributed by atoms with E-state index in [-0.39, 0.29) is 17.7 Å². The van der Waals surface area contributed by atoms with Gasteiger partial charge in [-0.3, -0.25) is 9.59 Å². The van der Waals surface area contributed by atoms with Gasteiger partial charge in [0.05, 0.1) is 0 Å². The van der Waals surface area contributed by atoms with Gasteiger partial charge in [0.1, 0.15) is 6.04 Å². The highest BCUT2D eigenvalue weighted by Crippen LogP contribution is 2.15. The van der Waals surface area contributed by atoms with Gasteiger partial charge in [-0.1, -0.05) is 51.4 Å². The van der Waals surface area contributed by atoms with E-state index in [0.717, 1.165) is 5.56 Å². The van der Waals surface area contributed by atoms with Crippen LogP contribution in [0.2, 0.25) is 5.02 Å². The van der Waals surface area contributed by atoms with Gasteiger partial charge in [0, 0.05) is 24.0 Å². The smallest absolute Gasteiger partial charge is 0.242 e. The topological polar surface area (TPSA) is 49.4 Å². The number of benzene rings is 1. The summed E-state index contributed by atoms with van der Waals surface area (Å²) in [6.45, 7) is 10.5. The maximum Gasteiger partial charge on any atom is 0.242 e. The maximum atomic E-state index is 12.5. The van der Waals surface area contributed by atoms with Crippen LogP contribution in [0.5, 0.6) is 0 Å². The van der Waals surface area contributed by atoms with E-state index in [4.69, 9.17) is 11.6 Å². The molecule has 1 rings (SSSR count). The van der Waals surface area contributed by atoms with Crippen LogP contribution >= 0.6 is 11.6 Å². The molecular formula is C18H27ClN2O2. The Morgan fingerprint density at radius 2 is 1.65 bits per heavy atom. The molecule has 5 heteroatoms. The molecule has 0 heterocycles. The van der Waals surface area contributed by atoms with Gasteiger partial charge in [-0.15, -0.1) is 0 Å². The van der Waals surface area contributed by atoms with Gasteiger partial charge >= 0.3 is 0 Å². The van der Waals surface area contributed by atoms with Crippen LogP contribution in [0.1, 0.15) is 40.2 Å². The molecule has 0 aromatic heterocycles. The Kier molecular flexibility index (Phi) is 7.56. The van der Waals surface area contributed by atoms with E-state index in [2.05, 4.69) is 5.32 Å². The molecular weight excluding hydrogens is 312 g/mol. The molecule has 0 spiro atoms. The first-order valence-corrected chi connectivity index (χ1v) is 8.42. The predicted molar refractivity (Wildman–Crippen MR) is 94.1 cm³/mol. The van der Waals surface area contributed by atoms with Gasteiger partial charge in [-0.05, 0) is 30.5 Å². The molecule has 0 radical (unpaired) electrons. The minimum Gasteiger partial charge on any atom is -0.354 e. The molecule has 0 aliphatic carbocycles. The monoisotopic (exact) mass is 338 g/mol. The first-order valence-electron chi connectivity index (χ1n) is 8.05. The van der Waals surface area contributed by atoms with Crippen molar-refractivity contribution in [2.45, 2.75) is 47.2 Å². The third kappa shape index (κ3) is 6.22. The zero-order chi connectivity index (χ0) is 17.6. The highest BCUT2D eigenvalue weighted by molar-refractivity contribution is 6.30. The summed E-state index contributed by atoms with van der Waals surface area (Å²) < 4.78 is 0. The molecule has 1 N–H and O–H groups in total. The number of nitrogens with zero attached hydrogens (tertiary/aromatic N) is 1. The van der Waals surface area contributed by atoms with Crippen LogP contribution < -0.4 is 5.32 Å². The van der Waals surface area contributed by atoms with Crippen LogP contribution in [-0.2, 0) is 16.1 Å². The Balaban J connectivity index is 2.89. The number of hydrogen-bond donors (Lipinski definition) is 1. The lowest BCUT2D eigenvalue weighted by Gasteiger charge is -2.30. The van der Waals surface area contributed by atoms with Gasteiger partial charge in [0.2, 0.25) is 11.8 Å². The van der Waals surface area contributed by atoms with Crippen LogP contribution in [0.3, 0.4) is 0 Å². The molecule has 0 aliphatic rings. The number of hydrogen-bond acceptors (Lipinski definition) is 2. The van der Waals surface area contributed by atoms with Gasteiger partial charge in [-0.25, -0.2) is 0 Å². The van der Waals surface area contributed by atoms with E-state index >= 15 is 0 Å². The molecule has 1 aromatic rings. The van der Waals surface area contributed by atoms with Crippen molar-refractivity contribution in [2.75, 3.05) is 6.54 Å². The van der Waals surface area contributed by atoms with E-state index in [1.807, 2.05) is 39.8 Å². The number of amides is 2. The fraction of sp³-hybridized carbons (Fsp3) is 0.556. The lowest BCUT2D eigenvalue weighted by molar-refractivity contribution is -0.143. The van der Waals surface area contributed by atoms with Crippen molar-refractivity contribution in [3.63, 3.8) is 0 Å². The molecule has 2 amide bonds. The third-order valence-corrected chi connectivity index (χ3v) is 3.83. The molecule has 0 saturated heterocycles. The Morgan fingerprint density at radius 1 is 1.09 bits per heavy atom. The molecule has 1 atom stereocenters. The summed E-state index contributed by atoms with van der Waals surface area (Å²) in [6.07, 6.45) is 0. The summed E-state index contributed by atoms with van der Waals surface area (Å²) in [6, 6.07) is 6.82. The normalized spacial score (nSPS) is 12.3. The fourth-order valence-corrected chi connectivity index (χ4v) is 2.24. The molecule has 1 unspecified atom stereocenters. The molecule has 1 aromatic carbocycles. The summed E-state index contributed by atoms with van der Waals surface area (Å²) in [4.78, 5) is 26.5. The van der Waals surface area contributed by atoms with Gasteiger partial charge < -0.3 is 10.2 Å². The third-order valence-electron chi connectivity index (χ3n) is 3.57. The summed E-state index contributed by atoms with van der Waals surface area (Å²) in [5, 5.41) is 3.55. The average Bonchev–Trinajstić information content (AvgIpc) is 2.50. The zero-order valence-electron chi connectivity index (χ0n) is 14.6. The second kappa shape index (κ2) is 8.92. The Hall–Kier alpha value is -1.55. The fourth-order valence-electron chi connectivity index (χ4n) is 2.12.